The Balaban J connectivity index is 1.80. The van der Waals surface area contributed by atoms with Crippen LogP contribution < -0.4 is 9.04 Å². The molecule has 1 aliphatic rings. The van der Waals surface area contributed by atoms with Crippen LogP contribution in [0.25, 0.3) is 0 Å². The van der Waals surface area contributed by atoms with E-state index in [0.717, 1.165) is 19.5 Å². The van der Waals surface area contributed by atoms with Gasteiger partial charge in [0.1, 0.15) is 5.75 Å². The van der Waals surface area contributed by atoms with Crippen LogP contribution in [-0.2, 0) is 10.0 Å². The van der Waals surface area contributed by atoms with Gasteiger partial charge in [-0.3, -0.25) is 14.0 Å². The van der Waals surface area contributed by atoms with Crippen LogP contribution in [0.2, 0.25) is 0 Å². The molecule has 0 atom stereocenters. The van der Waals surface area contributed by atoms with Crippen molar-refractivity contribution in [1.29, 1.82) is 0 Å². The Morgan fingerprint density at radius 1 is 1.00 bits per heavy atom. The van der Waals surface area contributed by atoms with Crippen LogP contribution >= 0.6 is 0 Å². The smallest absolute Gasteiger partial charge is 0.264 e. The van der Waals surface area contributed by atoms with E-state index in [1.807, 2.05) is 4.90 Å². The molecule has 32 heavy (non-hydrogen) atoms. The number of carbonyl (C=O) groups is 1. The van der Waals surface area contributed by atoms with Gasteiger partial charge in [0, 0.05) is 44.3 Å². The van der Waals surface area contributed by atoms with Crippen molar-refractivity contribution in [2.24, 2.45) is 0 Å². The average Bonchev–Trinajstić information content (AvgIpc) is 3.05. The molecule has 0 radical (unpaired) electrons. The third kappa shape index (κ3) is 5.24. The number of hydrogen-bond acceptors (Lipinski definition) is 5. The fourth-order valence-corrected chi connectivity index (χ4v) is 5.09. The third-order valence-corrected chi connectivity index (χ3v) is 7.69. The minimum absolute atomic E-state index is 0.0547. The molecular formula is C24H33N3O4S. The van der Waals surface area contributed by atoms with Gasteiger partial charge in [-0.05, 0) is 69.7 Å². The first-order valence-corrected chi connectivity index (χ1v) is 12.3. The summed E-state index contributed by atoms with van der Waals surface area (Å²) < 4.78 is 32.8. The quantitative estimate of drug-likeness (QED) is 0.685. The maximum atomic E-state index is 13.2. The van der Waals surface area contributed by atoms with Gasteiger partial charge in [-0.1, -0.05) is 6.07 Å². The highest BCUT2D eigenvalue weighted by atomic mass is 32.2. The molecule has 2 aromatic carbocycles. The summed E-state index contributed by atoms with van der Waals surface area (Å²) in [5.74, 6) is 0.513. The van der Waals surface area contributed by atoms with Gasteiger partial charge in [-0.25, -0.2) is 8.42 Å². The van der Waals surface area contributed by atoms with Crippen LogP contribution in [0.5, 0.6) is 5.75 Å². The summed E-state index contributed by atoms with van der Waals surface area (Å²) in [6.07, 6.45) is 0.890. The predicted octanol–water partition coefficient (Wildman–Crippen LogP) is 3.47. The van der Waals surface area contributed by atoms with Gasteiger partial charge >= 0.3 is 0 Å². The molecule has 8 heteroatoms. The molecule has 1 saturated heterocycles. The monoisotopic (exact) mass is 459 g/mol. The maximum Gasteiger partial charge on any atom is 0.264 e. The number of hydrogen-bond donors (Lipinski definition) is 0. The van der Waals surface area contributed by atoms with Crippen molar-refractivity contribution in [2.45, 2.75) is 37.6 Å². The number of sulfonamides is 1. The highest BCUT2D eigenvalue weighted by molar-refractivity contribution is 7.92. The molecule has 1 aliphatic heterocycles. The van der Waals surface area contributed by atoms with E-state index in [1.165, 1.54) is 23.5 Å². The number of amides is 1. The zero-order chi connectivity index (χ0) is 23.5. The van der Waals surface area contributed by atoms with Crippen molar-refractivity contribution < 1.29 is 17.9 Å². The number of methoxy groups -OCH3 is 1. The van der Waals surface area contributed by atoms with E-state index in [0.29, 0.717) is 30.1 Å². The molecule has 0 bridgehead atoms. The van der Waals surface area contributed by atoms with E-state index in [-0.39, 0.29) is 16.3 Å². The van der Waals surface area contributed by atoms with E-state index in [2.05, 4.69) is 25.7 Å². The molecule has 0 N–H and O–H groups in total. The van der Waals surface area contributed by atoms with Gasteiger partial charge in [0.15, 0.2) is 0 Å². The van der Waals surface area contributed by atoms with E-state index in [1.54, 1.807) is 43.5 Å². The van der Waals surface area contributed by atoms with Crippen LogP contribution in [0.4, 0.5) is 5.69 Å². The van der Waals surface area contributed by atoms with E-state index >= 15 is 0 Å². The summed E-state index contributed by atoms with van der Waals surface area (Å²) in [6, 6.07) is 13.1. The van der Waals surface area contributed by atoms with Crippen LogP contribution in [0.3, 0.4) is 0 Å². The zero-order valence-electron chi connectivity index (χ0n) is 19.5. The number of benzene rings is 2. The molecule has 0 spiro atoms. The van der Waals surface area contributed by atoms with Crippen LogP contribution in [0.15, 0.2) is 53.4 Å². The van der Waals surface area contributed by atoms with Crippen LogP contribution in [0.1, 0.15) is 37.6 Å². The Hall–Kier alpha value is -2.58. The molecule has 1 heterocycles. The number of ether oxygens (including phenoxy) is 1. The first-order chi connectivity index (χ1) is 15.0. The maximum absolute atomic E-state index is 13.2. The standard InChI is InChI=1S/C24H33N3O4S/c1-24(2,3)27-15-7-14-26(16-17-27)23(28)19-8-6-9-22(18-19)32(29,30)25(4)20-10-12-21(31-5)13-11-20/h6,8-13,18H,7,14-17H2,1-5H3. The van der Waals surface area contributed by atoms with E-state index in [9.17, 15) is 13.2 Å². The lowest BCUT2D eigenvalue weighted by Gasteiger charge is -2.34. The Morgan fingerprint density at radius 2 is 1.69 bits per heavy atom. The topological polar surface area (TPSA) is 70.2 Å². The number of rotatable bonds is 5. The van der Waals surface area contributed by atoms with Crippen molar-refractivity contribution in [3.63, 3.8) is 0 Å². The molecule has 174 valence electrons. The third-order valence-electron chi connectivity index (χ3n) is 5.91. The normalized spacial score (nSPS) is 15.8. The predicted molar refractivity (Wildman–Crippen MR) is 127 cm³/mol. The van der Waals surface area contributed by atoms with Crippen molar-refractivity contribution >= 4 is 21.6 Å². The molecular weight excluding hydrogens is 426 g/mol. The molecule has 1 fully saturated rings. The van der Waals surface area contributed by atoms with Crippen LogP contribution in [-0.4, -0.2) is 70.0 Å². The van der Waals surface area contributed by atoms with E-state index < -0.39 is 10.0 Å². The Labute approximate surface area is 191 Å². The molecule has 0 aliphatic carbocycles. The Morgan fingerprint density at radius 3 is 2.31 bits per heavy atom. The fourth-order valence-electron chi connectivity index (χ4n) is 3.85. The minimum atomic E-state index is -3.82. The highest BCUT2D eigenvalue weighted by Crippen LogP contribution is 2.25. The average molecular weight is 460 g/mol. The second kappa shape index (κ2) is 9.50. The van der Waals surface area contributed by atoms with Gasteiger partial charge in [0.2, 0.25) is 0 Å². The van der Waals surface area contributed by atoms with Gasteiger partial charge in [0.05, 0.1) is 17.7 Å². The van der Waals surface area contributed by atoms with Crippen molar-refractivity contribution in [3.8, 4) is 5.75 Å². The molecule has 1 amide bonds. The van der Waals surface area contributed by atoms with Crippen molar-refractivity contribution in [1.82, 2.24) is 9.80 Å². The second-order valence-electron chi connectivity index (χ2n) is 9.00. The van der Waals surface area contributed by atoms with Gasteiger partial charge in [0.25, 0.3) is 15.9 Å². The lowest BCUT2D eigenvalue weighted by Crippen LogP contribution is -2.44. The van der Waals surface area contributed by atoms with E-state index in [4.69, 9.17) is 4.74 Å². The number of nitrogens with zero attached hydrogens (tertiary/aromatic N) is 3. The van der Waals surface area contributed by atoms with Crippen molar-refractivity contribution in [2.75, 3.05) is 44.6 Å². The molecule has 0 unspecified atom stereocenters. The first kappa shape index (κ1) is 24.1. The molecule has 7 nitrogen and oxygen atoms in total. The lowest BCUT2D eigenvalue weighted by atomic mass is 10.1. The summed E-state index contributed by atoms with van der Waals surface area (Å²) in [4.78, 5) is 17.5. The summed E-state index contributed by atoms with van der Waals surface area (Å²) in [5, 5.41) is 0. The fraction of sp³-hybridized carbons (Fsp3) is 0.458. The van der Waals surface area contributed by atoms with Crippen LogP contribution in [0, 0.1) is 0 Å². The second-order valence-corrected chi connectivity index (χ2v) is 11.0. The lowest BCUT2D eigenvalue weighted by molar-refractivity contribution is 0.0749. The molecule has 3 rings (SSSR count). The summed E-state index contributed by atoms with van der Waals surface area (Å²) in [5.41, 5.74) is 0.953. The molecule has 2 aromatic rings. The Kier molecular flexibility index (Phi) is 7.15. The van der Waals surface area contributed by atoms with Crippen molar-refractivity contribution in [3.05, 3.63) is 54.1 Å². The largest absolute Gasteiger partial charge is 0.497 e. The number of anilines is 1. The summed E-state index contributed by atoms with van der Waals surface area (Å²) in [6.45, 7) is 9.56. The highest BCUT2D eigenvalue weighted by Gasteiger charge is 2.27. The minimum Gasteiger partial charge on any atom is -0.497 e. The van der Waals surface area contributed by atoms with Gasteiger partial charge in [-0.15, -0.1) is 0 Å². The zero-order valence-corrected chi connectivity index (χ0v) is 20.4. The van der Waals surface area contributed by atoms with Gasteiger partial charge in [-0.2, -0.15) is 0 Å². The van der Waals surface area contributed by atoms with Gasteiger partial charge < -0.3 is 9.64 Å². The Bertz CT molecular complexity index is 1050. The number of carbonyl (C=O) groups excluding carboxylic acids is 1. The molecule has 0 aromatic heterocycles. The summed E-state index contributed by atoms with van der Waals surface area (Å²) >= 11 is 0. The SMILES string of the molecule is COc1ccc(N(C)S(=O)(=O)c2cccc(C(=O)N3CCCN(C(C)(C)C)CC3)c2)cc1. The molecule has 0 saturated carbocycles. The summed E-state index contributed by atoms with van der Waals surface area (Å²) in [7, 11) is -0.760. The first-order valence-electron chi connectivity index (χ1n) is 10.8.